The topological polar surface area (TPSA) is 101 Å². The number of hydrogen-bond donors (Lipinski definition) is 1. The van der Waals surface area contributed by atoms with Crippen molar-refractivity contribution in [1.29, 1.82) is 0 Å². The van der Waals surface area contributed by atoms with Gasteiger partial charge in [0.15, 0.2) is 5.82 Å². The summed E-state index contributed by atoms with van der Waals surface area (Å²) in [7, 11) is 0. The fourth-order valence-corrected chi connectivity index (χ4v) is 3.02. The first kappa shape index (κ1) is 17.4. The van der Waals surface area contributed by atoms with Gasteiger partial charge in [-0.3, -0.25) is 14.6 Å². The zero-order valence-corrected chi connectivity index (χ0v) is 14.7. The molecular formula is C16H19N5O3S. The number of rotatable bonds is 7. The number of nitrogens with zero attached hydrogens (tertiary/aromatic N) is 4. The van der Waals surface area contributed by atoms with E-state index in [9.17, 15) is 9.59 Å². The van der Waals surface area contributed by atoms with E-state index in [0.717, 1.165) is 5.69 Å². The van der Waals surface area contributed by atoms with Crippen LogP contribution in [-0.2, 0) is 28.4 Å². The Morgan fingerprint density at radius 1 is 1.48 bits per heavy atom. The Bertz CT molecular complexity index is 736. The van der Waals surface area contributed by atoms with Crippen LogP contribution in [0.2, 0.25) is 0 Å². The average Bonchev–Trinajstić information content (AvgIpc) is 3.21. The standard InChI is InChI=1S/C16H19N5O3S/c1-25-10-13-19-14(24-20-13)7-18-16(23)11-6-15(22)21(8-11)9-12-4-2-3-5-17-12/h2-5,11H,6-10H2,1H3,(H,18,23)/t11-/m1/s1. The summed E-state index contributed by atoms with van der Waals surface area (Å²) in [6.45, 7) is 0.985. The second-order valence-electron chi connectivity index (χ2n) is 5.75. The molecule has 1 fully saturated rings. The van der Waals surface area contributed by atoms with Gasteiger partial charge >= 0.3 is 0 Å². The van der Waals surface area contributed by atoms with Gasteiger partial charge in [-0.05, 0) is 18.4 Å². The molecule has 1 aliphatic rings. The van der Waals surface area contributed by atoms with Gasteiger partial charge in [-0.1, -0.05) is 11.2 Å². The maximum absolute atomic E-state index is 12.3. The average molecular weight is 361 g/mol. The largest absolute Gasteiger partial charge is 0.347 e. The Labute approximate surface area is 149 Å². The van der Waals surface area contributed by atoms with Crippen molar-refractivity contribution in [3.8, 4) is 0 Å². The molecule has 0 unspecified atom stereocenters. The second kappa shape index (κ2) is 8.11. The van der Waals surface area contributed by atoms with Gasteiger partial charge in [0.25, 0.3) is 0 Å². The third kappa shape index (κ3) is 4.56. The van der Waals surface area contributed by atoms with E-state index in [1.807, 2.05) is 24.5 Å². The number of amides is 2. The SMILES string of the molecule is CSCc1noc(CNC(=O)[C@@H]2CC(=O)N(Cc3ccccn3)C2)n1. The van der Waals surface area contributed by atoms with E-state index in [1.165, 1.54) is 0 Å². The van der Waals surface area contributed by atoms with E-state index in [0.29, 0.717) is 30.6 Å². The van der Waals surface area contributed by atoms with Crippen molar-refractivity contribution in [1.82, 2.24) is 25.3 Å². The number of thioether (sulfide) groups is 1. The Morgan fingerprint density at radius 2 is 2.36 bits per heavy atom. The zero-order chi connectivity index (χ0) is 17.6. The van der Waals surface area contributed by atoms with Crippen LogP contribution in [0.5, 0.6) is 0 Å². The highest BCUT2D eigenvalue weighted by Gasteiger charge is 2.34. The normalized spacial score (nSPS) is 17.1. The van der Waals surface area contributed by atoms with Crippen LogP contribution in [-0.4, -0.2) is 44.6 Å². The van der Waals surface area contributed by atoms with E-state index in [1.54, 1.807) is 22.9 Å². The number of pyridine rings is 1. The molecule has 0 spiro atoms. The molecule has 0 aliphatic carbocycles. The molecule has 1 atom stereocenters. The van der Waals surface area contributed by atoms with Crippen molar-refractivity contribution in [2.75, 3.05) is 12.8 Å². The quantitative estimate of drug-likeness (QED) is 0.785. The summed E-state index contributed by atoms with van der Waals surface area (Å²) >= 11 is 1.59. The summed E-state index contributed by atoms with van der Waals surface area (Å²) in [5.74, 6) is 1.05. The summed E-state index contributed by atoms with van der Waals surface area (Å²) in [4.78, 5) is 34.5. The molecule has 25 heavy (non-hydrogen) atoms. The molecule has 0 bridgehead atoms. The molecule has 2 amide bonds. The molecule has 3 heterocycles. The van der Waals surface area contributed by atoms with Gasteiger partial charge in [0.1, 0.15) is 0 Å². The van der Waals surface area contributed by atoms with Crippen molar-refractivity contribution in [3.05, 3.63) is 41.8 Å². The van der Waals surface area contributed by atoms with Crippen molar-refractivity contribution in [2.24, 2.45) is 5.92 Å². The van der Waals surface area contributed by atoms with Gasteiger partial charge in [-0.15, -0.1) is 0 Å². The molecule has 1 saturated heterocycles. The van der Waals surface area contributed by atoms with Crippen LogP contribution >= 0.6 is 11.8 Å². The molecule has 0 radical (unpaired) electrons. The molecule has 0 saturated carbocycles. The van der Waals surface area contributed by atoms with Gasteiger partial charge < -0.3 is 14.7 Å². The summed E-state index contributed by atoms with van der Waals surface area (Å²) in [5, 5.41) is 6.59. The molecular weight excluding hydrogens is 342 g/mol. The number of nitrogens with one attached hydrogen (secondary N) is 1. The number of aromatic nitrogens is 3. The molecule has 9 heteroatoms. The zero-order valence-electron chi connectivity index (χ0n) is 13.8. The molecule has 1 N–H and O–H groups in total. The highest BCUT2D eigenvalue weighted by atomic mass is 32.2. The van der Waals surface area contributed by atoms with Crippen LogP contribution in [0.3, 0.4) is 0 Å². The van der Waals surface area contributed by atoms with E-state index in [-0.39, 0.29) is 30.7 Å². The third-order valence-electron chi connectivity index (χ3n) is 3.86. The minimum Gasteiger partial charge on any atom is -0.347 e. The first-order valence-electron chi connectivity index (χ1n) is 7.91. The van der Waals surface area contributed by atoms with Crippen LogP contribution in [0, 0.1) is 5.92 Å². The van der Waals surface area contributed by atoms with Crippen molar-refractivity contribution >= 4 is 23.6 Å². The maximum Gasteiger partial charge on any atom is 0.246 e. The predicted molar refractivity (Wildman–Crippen MR) is 91.1 cm³/mol. The molecule has 8 nitrogen and oxygen atoms in total. The fraction of sp³-hybridized carbons (Fsp3) is 0.438. The number of hydrogen-bond acceptors (Lipinski definition) is 7. The fourth-order valence-electron chi connectivity index (χ4n) is 2.64. The minimum atomic E-state index is -0.371. The van der Waals surface area contributed by atoms with Gasteiger partial charge in [-0.25, -0.2) is 0 Å². The highest BCUT2D eigenvalue weighted by Crippen LogP contribution is 2.20. The Morgan fingerprint density at radius 3 is 3.12 bits per heavy atom. The summed E-state index contributed by atoms with van der Waals surface area (Å²) in [5.41, 5.74) is 0.809. The first-order valence-corrected chi connectivity index (χ1v) is 9.31. The monoisotopic (exact) mass is 361 g/mol. The smallest absolute Gasteiger partial charge is 0.246 e. The van der Waals surface area contributed by atoms with Crippen molar-refractivity contribution in [2.45, 2.75) is 25.3 Å². The molecule has 3 rings (SSSR count). The van der Waals surface area contributed by atoms with Crippen molar-refractivity contribution < 1.29 is 14.1 Å². The molecule has 2 aromatic heterocycles. The van der Waals surface area contributed by atoms with E-state index < -0.39 is 0 Å². The van der Waals surface area contributed by atoms with E-state index in [4.69, 9.17) is 4.52 Å². The predicted octanol–water partition coefficient (Wildman–Crippen LogP) is 0.992. The van der Waals surface area contributed by atoms with Crippen LogP contribution < -0.4 is 5.32 Å². The highest BCUT2D eigenvalue weighted by molar-refractivity contribution is 7.97. The number of carbonyl (C=O) groups is 2. The maximum atomic E-state index is 12.3. The lowest BCUT2D eigenvalue weighted by Crippen LogP contribution is -2.32. The molecule has 2 aromatic rings. The Kier molecular flexibility index (Phi) is 5.64. The van der Waals surface area contributed by atoms with Gasteiger partial charge in [0, 0.05) is 19.2 Å². The van der Waals surface area contributed by atoms with Crippen LogP contribution in [0.1, 0.15) is 23.8 Å². The first-order chi connectivity index (χ1) is 12.2. The lowest BCUT2D eigenvalue weighted by Gasteiger charge is -2.15. The van der Waals surface area contributed by atoms with E-state index >= 15 is 0 Å². The Balaban J connectivity index is 1.50. The van der Waals surface area contributed by atoms with E-state index in [2.05, 4.69) is 20.4 Å². The Hall–Kier alpha value is -2.42. The molecule has 132 valence electrons. The summed E-state index contributed by atoms with van der Waals surface area (Å²) in [6.07, 6.45) is 3.85. The molecule has 1 aliphatic heterocycles. The van der Waals surface area contributed by atoms with Gasteiger partial charge in [-0.2, -0.15) is 16.7 Å². The van der Waals surface area contributed by atoms with Gasteiger partial charge in [0.2, 0.25) is 17.7 Å². The minimum absolute atomic E-state index is 0.0362. The summed E-state index contributed by atoms with van der Waals surface area (Å²) < 4.78 is 5.08. The number of likely N-dealkylation sites (tertiary alicyclic amines) is 1. The summed E-state index contributed by atoms with van der Waals surface area (Å²) in [6, 6.07) is 5.57. The van der Waals surface area contributed by atoms with Crippen LogP contribution in [0.15, 0.2) is 28.9 Å². The number of carbonyl (C=O) groups excluding carboxylic acids is 2. The van der Waals surface area contributed by atoms with Crippen LogP contribution in [0.4, 0.5) is 0 Å². The molecule has 0 aromatic carbocycles. The van der Waals surface area contributed by atoms with Gasteiger partial charge in [0.05, 0.1) is 30.5 Å². The lowest BCUT2D eigenvalue weighted by atomic mass is 10.1. The lowest BCUT2D eigenvalue weighted by molar-refractivity contribution is -0.129. The second-order valence-corrected chi connectivity index (χ2v) is 6.62. The third-order valence-corrected chi connectivity index (χ3v) is 4.41. The van der Waals surface area contributed by atoms with Crippen LogP contribution in [0.25, 0.3) is 0 Å². The van der Waals surface area contributed by atoms with Crippen molar-refractivity contribution in [3.63, 3.8) is 0 Å².